The fourth-order valence-corrected chi connectivity index (χ4v) is 4.63. The minimum Gasteiger partial charge on any atom is -0.481 e. The second-order valence-corrected chi connectivity index (χ2v) is 8.30. The first kappa shape index (κ1) is 22.5. The average Bonchev–Trinajstić information content (AvgIpc) is 2.43. The summed E-state index contributed by atoms with van der Waals surface area (Å²) in [7, 11) is 0. The van der Waals surface area contributed by atoms with Crippen LogP contribution in [0.3, 0.4) is 0 Å². The monoisotopic (exact) mass is 326 g/mol. The number of carboxylic acids is 1. The van der Waals surface area contributed by atoms with Crippen LogP contribution in [0.5, 0.6) is 0 Å². The minimum atomic E-state index is -0.658. The van der Waals surface area contributed by atoms with Crippen molar-refractivity contribution in [1.29, 1.82) is 0 Å². The number of aliphatic carboxylic acids is 1. The number of unbranched alkanes of at least 4 members (excludes halogenated alkanes) is 7. The van der Waals surface area contributed by atoms with Crippen molar-refractivity contribution in [2.45, 2.75) is 106 Å². The summed E-state index contributed by atoms with van der Waals surface area (Å²) in [4.78, 5) is 10.4. The Labute approximate surface area is 145 Å². The first-order valence-corrected chi connectivity index (χ1v) is 9.96. The van der Waals surface area contributed by atoms with E-state index < -0.39 is 5.97 Å². The van der Waals surface area contributed by atoms with E-state index in [4.69, 9.17) is 5.11 Å². The third-order valence-corrected chi connectivity index (χ3v) is 5.98. The molecule has 2 nitrogen and oxygen atoms in total. The first-order chi connectivity index (χ1) is 10.7. The Morgan fingerprint density at radius 3 is 1.39 bits per heavy atom. The topological polar surface area (TPSA) is 37.3 Å². The lowest BCUT2D eigenvalue weighted by Crippen LogP contribution is -2.38. The lowest BCUT2D eigenvalue weighted by molar-refractivity contribution is -0.137. The van der Waals surface area contributed by atoms with Crippen molar-refractivity contribution in [3.63, 3.8) is 0 Å². The molecule has 0 atom stereocenters. The molecule has 0 radical (unpaired) electrons. The van der Waals surface area contributed by atoms with E-state index in [1.807, 2.05) is 0 Å². The molecule has 0 amide bonds. The van der Waals surface area contributed by atoms with Gasteiger partial charge in [0.25, 0.3) is 0 Å². The van der Waals surface area contributed by atoms with Crippen molar-refractivity contribution in [2.24, 2.45) is 23.2 Å². The maximum atomic E-state index is 10.4. The maximum absolute atomic E-state index is 10.4. The van der Waals surface area contributed by atoms with Crippen LogP contribution in [0.1, 0.15) is 106 Å². The van der Waals surface area contributed by atoms with E-state index in [1.165, 1.54) is 44.9 Å². The summed E-state index contributed by atoms with van der Waals surface area (Å²) in [5, 5.41) is 8.60. The fourth-order valence-electron chi connectivity index (χ4n) is 4.63. The zero-order valence-electron chi connectivity index (χ0n) is 16.7. The van der Waals surface area contributed by atoms with Gasteiger partial charge in [-0.15, -0.1) is 0 Å². The van der Waals surface area contributed by atoms with Gasteiger partial charge in [-0.05, 0) is 36.0 Å². The van der Waals surface area contributed by atoms with Crippen molar-refractivity contribution in [1.82, 2.24) is 0 Å². The predicted molar refractivity (Wildman–Crippen MR) is 101 cm³/mol. The van der Waals surface area contributed by atoms with Gasteiger partial charge in [-0.1, -0.05) is 86.5 Å². The van der Waals surface area contributed by atoms with Crippen LogP contribution < -0.4 is 0 Å². The summed E-state index contributed by atoms with van der Waals surface area (Å²) in [5.41, 5.74) is 0.483. The molecule has 0 saturated carbocycles. The number of carbonyl (C=O) groups is 1. The predicted octanol–water partition coefficient (Wildman–Crippen LogP) is 6.93. The summed E-state index contributed by atoms with van der Waals surface area (Å²) < 4.78 is 0. The van der Waals surface area contributed by atoms with E-state index in [2.05, 4.69) is 41.5 Å². The molecule has 0 aliphatic heterocycles. The van der Waals surface area contributed by atoms with Crippen molar-refractivity contribution in [2.75, 3.05) is 0 Å². The van der Waals surface area contributed by atoms with Crippen LogP contribution in [0.25, 0.3) is 0 Å². The highest BCUT2D eigenvalue weighted by atomic mass is 16.4. The molecule has 0 bridgehead atoms. The van der Waals surface area contributed by atoms with Gasteiger partial charge in [0.05, 0.1) is 0 Å². The molecule has 0 aliphatic carbocycles. The maximum Gasteiger partial charge on any atom is 0.303 e. The van der Waals surface area contributed by atoms with Crippen molar-refractivity contribution in [3.8, 4) is 0 Å². The average molecular weight is 327 g/mol. The van der Waals surface area contributed by atoms with Crippen LogP contribution >= 0.6 is 0 Å². The van der Waals surface area contributed by atoms with Crippen LogP contribution in [-0.4, -0.2) is 11.1 Å². The van der Waals surface area contributed by atoms with E-state index in [9.17, 15) is 4.79 Å². The Bertz CT molecular complexity index is 283. The van der Waals surface area contributed by atoms with Crippen LogP contribution in [0.4, 0.5) is 0 Å². The quantitative estimate of drug-likeness (QED) is 0.351. The molecule has 0 aromatic rings. The van der Waals surface area contributed by atoms with E-state index in [1.54, 1.807) is 0 Å². The molecular formula is C21H42O2. The van der Waals surface area contributed by atoms with Crippen LogP contribution in [-0.2, 0) is 4.79 Å². The molecule has 0 saturated heterocycles. The van der Waals surface area contributed by atoms with E-state index in [-0.39, 0.29) is 0 Å². The Morgan fingerprint density at radius 1 is 0.696 bits per heavy atom. The number of carboxylic acid groups (broad SMARTS) is 1. The van der Waals surface area contributed by atoms with Crippen LogP contribution in [0, 0.1) is 23.2 Å². The summed E-state index contributed by atoms with van der Waals surface area (Å²) in [6, 6.07) is 0. The van der Waals surface area contributed by atoms with Gasteiger partial charge in [0.1, 0.15) is 0 Å². The minimum absolute atomic E-state index is 0.335. The molecule has 1 N–H and O–H groups in total. The third kappa shape index (κ3) is 8.22. The smallest absolute Gasteiger partial charge is 0.303 e. The van der Waals surface area contributed by atoms with Gasteiger partial charge < -0.3 is 5.11 Å². The van der Waals surface area contributed by atoms with E-state index in [0.717, 1.165) is 30.6 Å². The Kier molecular flexibility index (Phi) is 11.6. The number of hydrogen-bond acceptors (Lipinski definition) is 1. The molecule has 0 unspecified atom stereocenters. The zero-order valence-corrected chi connectivity index (χ0v) is 16.7. The zero-order chi connectivity index (χ0) is 17.9. The summed E-state index contributed by atoms with van der Waals surface area (Å²) >= 11 is 0. The second-order valence-electron chi connectivity index (χ2n) is 8.30. The molecule has 0 fully saturated rings. The van der Waals surface area contributed by atoms with Crippen molar-refractivity contribution >= 4 is 5.97 Å². The summed E-state index contributed by atoms with van der Waals surface area (Å²) in [5.74, 6) is 1.58. The van der Waals surface area contributed by atoms with Crippen LogP contribution in [0.2, 0.25) is 0 Å². The normalized spacial score (nSPS) is 12.6. The molecule has 0 aromatic carbocycles. The van der Waals surface area contributed by atoms with E-state index in [0.29, 0.717) is 11.8 Å². The van der Waals surface area contributed by atoms with E-state index >= 15 is 0 Å². The van der Waals surface area contributed by atoms with Gasteiger partial charge >= 0.3 is 5.97 Å². The van der Waals surface area contributed by atoms with Crippen molar-refractivity contribution < 1.29 is 9.90 Å². The molecule has 0 spiro atoms. The van der Waals surface area contributed by atoms with Crippen LogP contribution in [0.15, 0.2) is 0 Å². The second kappa shape index (κ2) is 11.9. The Morgan fingerprint density at radius 2 is 1.04 bits per heavy atom. The molecular weight excluding hydrogens is 284 g/mol. The highest BCUT2D eigenvalue weighted by Crippen LogP contribution is 2.47. The third-order valence-electron chi connectivity index (χ3n) is 5.98. The van der Waals surface area contributed by atoms with Gasteiger partial charge in [0, 0.05) is 6.42 Å². The first-order valence-electron chi connectivity index (χ1n) is 9.96. The molecule has 138 valence electrons. The highest BCUT2D eigenvalue weighted by Gasteiger charge is 2.39. The van der Waals surface area contributed by atoms with Gasteiger partial charge in [0.15, 0.2) is 0 Å². The number of rotatable bonds is 14. The Hall–Kier alpha value is -0.530. The largest absolute Gasteiger partial charge is 0.481 e. The highest BCUT2D eigenvalue weighted by molar-refractivity contribution is 5.66. The fraction of sp³-hybridized carbons (Fsp3) is 0.952. The number of hydrogen-bond donors (Lipinski definition) is 1. The molecule has 23 heavy (non-hydrogen) atoms. The summed E-state index contributed by atoms with van der Waals surface area (Å²) in [6.45, 7) is 14.4. The molecule has 0 rings (SSSR count). The standard InChI is InChI=1S/C21H42O2/c1-17(2)21(18(3)4,19(5)6)16-14-12-10-8-7-9-11-13-15-20(22)23/h17-19H,7-16H2,1-6H3,(H,22,23). The summed E-state index contributed by atoms with van der Waals surface area (Å²) in [6.07, 6.45) is 11.4. The Balaban J connectivity index is 3.86. The lowest BCUT2D eigenvalue weighted by Gasteiger charge is -2.45. The van der Waals surface area contributed by atoms with Crippen molar-refractivity contribution in [3.05, 3.63) is 0 Å². The van der Waals surface area contributed by atoms with Gasteiger partial charge in [-0.2, -0.15) is 0 Å². The SMILES string of the molecule is CC(C)C(CCCCCCCCCCC(=O)O)(C(C)C)C(C)C. The molecule has 0 heterocycles. The molecule has 0 aromatic heterocycles. The van der Waals surface area contributed by atoms with Gasteiger partial charge in [0.2, 0.25) is 0 Å². The van der Waals surface area contributed by atoms with Gasteiger partial charge in [-0.25, -0.2) is 0 Å². The van der Waals surface area contributed by atoms with Gasteiger partial charge in [-0.3, -0.25) is 4.79 Å². The lowest BCUT2D eigenvalue weighted by atomic mass is 9.60. The molecule has 2 heteroatoms. The molecule has 0 aliphatic rings.